The van der Waals surface area contributed by atoms with Gasteiger partial charge in [0, 0.05) is 23.5 Å². The predicted molar refractivity (Wildman–Crippen MR) is 150 cm³/mol. The highest BCUT2D eigenvalue weighted by Crippen LogP contribution is 2.19. The molecule has 220 valence electrons. The van der Waals surface area contributed by atoms with Crippen LogP contribution in [0.3, 0.4) is 0 Å². The number of benzene rings is 1. The minimum atomic E-state index is -1.37. The van der Waals surface area contributed by atoms with E-state index in [-0.39, 0.29) is 18.8 Å². The quantitative estimate of drug-likeness (QED) is 0.119. The zero-order valence-corrected chi connectivity index (χ0v) is 22.9. The van der Waals surface area contributed by atoms with E-state index in [2.05, 4.69) is 20.9 Å². The van der Waals surface area contributed by atoms with Crippen molar-refractivity contribution in [3.8, 4) is 0 Å². The molecule has 0 bridgehead atoms. The number of amides is 4. The average molecular weight is 560 g/mol. The SMILES string of the molecule is CCC(C)C(N)C(=O)NC(CC(N)=O)C(=O)NC(CCCCN)C(=O)NC(Cc1c[nH]c2ccccc12)C(=O)O. The number of hydrogen-bond acceptors (Lipinski definition) is 7. The number of carbonyl (C=O) groups excluding carboxylic acids is 4. The van der Waals surface area contributed by atoms with Gasteiger partial charge in [-0.25, -0.2) is 4.79 Å². The van der Waals surface area contributed by atoms with Crippen molar-refractivity contribution >= 4 is 40.5 Å². The summed E-state index contributed by atoms with van der Waals surface area (Å²) in [6, 6.07) is 2.65. The van der Waals surface area contributed by atoms with Gasteiger partial charge in [-0.05, 0) is 43.4 Å². The van der Waals surface area contributed by atoms with Crippen LogP contribution >= 0.6 is 0 Å². The summed E-state index contributed by atoms with van der Waals surface area (Å²) in [5.41, 5.74) is 18.4. The van der Waals surface area contributed by atoms with Crippen LogP contribution in [-0.2, 0) is 30.4 Å². The number of carboxylic acids is 1. The number of carboxylic acid groups (broad SMARTS) is 1. The average Bonchev–Trinajstić information content (AvgIpc) is 3.33. The Bertz CT molecular complexity index is 1180. The molecule has 0 aliphatic carbocycles. The Hall–Kier alpha value is -3.97. The number of aliphatic carboxylic acids is 1. The lowest BCUT2D eigenvalue weighted by Crippen LogP contribution is -2.58. The number of primary amides is 1. The number of aromatic nitrogens is 1. The van der Waals surface area contributed by atoms with Gasteiger partial charge in [-0.2, -0.15) is 0 Å². The molecule has 0 radical (unpaired) electrons. The Morgan fingerprint density at radius 2 is 1.57 bits per heavy atom. The zero-order chi connectivity index (χ0) is 29.8. The molecule has 0 aliphatic rings. The fraction of sp³-hybridized carbons (Fsp3) is 0.519. The first-order valence-electron chi connectivity index (χ1n) is 13.4. The maximum atomic E-state index is 13.3. The van der Waals surface area contributed by atoms with Gasteiger partial charge in [0.15, 0.2) is 0 Å². The molecule has 13 heteroatoms. The molecule has 0 saturated carbocycles. The van der Waals surface area contributed by atoms with Gasteiger partial charge in [-0.15, -0.1) is 0 Å². The Morgan fingerprint density at radius 3 is 2.20 bits per heavy atom. The van der Waals surface area contributed by atoms with Crippen molar-refractivity contribution in [3.05, 3.63) is 36.0 Å². The van der Waals surface area contributed by atoms with Crippen molar-refractivity contribution in [2.75, 3.05) is 6.54 Å². The number of unbranched alkanes of at least 4 members (excludes halogenated alkanes) is 1. The van der Waals surface area contributed by atoms with E-state index in [4.69, 9.17) is 17.2 Å². The number of hydrogen-bond donors (Lipinski definition) is 8. The molecular weight excluding hydrogens is 518 g/mol. The largest absolute Gasteiger partial charge is 0.480 e. The molecule has 2 aromatic rings. The van der Waals surface area contributed by atoms with Crippen LogP contribution in [-0.4, -0.2) is 70.4 Å². The van der Waals surface area contributed by atoms with E-state index >= 15 is 0 Å². The third-order valence-corrected chi connectivity index (χ3v) is 6.89. The van der Waals surface area contributed by atoms with Gasteiger partial charge in [-0.3, -0.25) is 19.2 Å². The second-order valence-electron chi connectivity index (χ2n) is 9.95. The van der Waals surface area contributed by atoms with Crippen LogP contribution in [0.5, 0.6) is 0 Å². The van der Waals surface area contributed by atoms with E-state index in [1.165, 1.54) is 0 Å². The second-order valence-corrected chi connectivity index (χ2v) is 9.95. The van der Waals surface area contributed by atoms with Gasteiger partial charge in [0.05, 0.1) is 12.5 Å². The predicted octanol–water partition coefficient (Wildman–Crippen LogP) is -0.373. The molecule has 0 aliphatic heterocycles. The number of nitrogens with two attached hydrogens (primary N) is 3. The summed E-state index contributed by atoms with van der Waals surface area (Å²) >= 11 is 0. The van der Waals surface area contributed by atoms with Crippen molar-refractivity contribution in [1.82, 2.24) is 20.9 Å². The first kappa shape index (κ1) is 32.2. The molecule has 0 fully saturated rings. The maximum absolute atomic E-state index is 13.3. The molecule has 2 rings (SSSR count). The molecular formula is C27H41N7O6. The summed E-state index contributed by atoms with van der Waals surface area (Å²) in [4.78, 5) is 65.8. The third kappa shape index (κ3) is 9.35. The molecule has 5 atom stereocenters. The van der Waals surface area contributed by atoms with Crippen LogP contribution in [0.25, 0.3) is 10.9 Å². The van der Waals surface area contributed by atoms with Gasteiger partial charge < -0.3 is 43.2 Å². The summed E-state index contributed by atoms with van der Waals surface area (Å²) in [7, 11) is 0. The van der Waals surface area contributed by atoms with Crippen LogP contribution in [0.4, 0.5) is 0 Å². The van der Waals surface area contributed by atoms with Gasteiger partial charge >= 0.3 is 5.97 Å². The minimum absolute atomic E-state index is 0.00239. The van der Waals surface area contributed by atoms with Gasteiger partial charge in [-0.1, -0.05) is 38.5 Å². The minimum Gasteiger partial charge on any atom is -0.480 e. The number of nitrogens with one attached hydrogen (secondary N) is 4. The van der Waals surface area contributed by atoms with Crippen molar-refractivity contribution in [2.45, 2.75) is 76.5 Å². The highest BCUT2D eigenvalue weighted by Gasteiger charge is 2.32. The highest BCUT2D eigenvalue weighted by atomic mass is 16.4. The monoisotopic (exact) mass is 559 g/mol. The fourth-order valence-electron chi connectivity index (χ4n) is 4.22. The Labute approximate surface area is 233 Å². The van der Waals surface area contributed by atoms with Crippen LogP contribution in [0.1, 0.15) is 51.5 Å². The van der Waals surface area contributed by atoms with Crippen LogP contribution in [0.2, 0.25) is 0 Å². The summed E-state index contributed by atoms with van der Waals surface area (Å²) < 4.78 is 0. The Balaban J connectivity index is 2.20. The second kappa shape index (κ2) is 15.6. The first-order chi connectivity index (χ1) is 19.0. The number of aromatic amines is 1. The highest BCUT2D eigenvalue weighted by molar-refractivity contribution is 5.96. The standard InChI is InChI=1S/C27H41N7O6/c1-3-15(2)23(30)26(38)33-20(13-22(29)35)25(37)32-19(10-6-7-11-28)24(36)34-21(27(39)40)12-16-14-31-18-9-5-4-8-17(16)18/h4-5,8-9,14-15,19-21,23,31H,3,6-7,10-13,28,30H2,1-2H3,(H2,29,35)(H,32,37)(H,33,38)(H,34,36)(H,39,40). The van der Waals surface area contributed by atoms with E-state index in [0.717, 1.165) is 10.9 Å². The summed E-state index contributed by atoms with van der Waals surface area (Å²) in [6.07, 6.45) is 2.96. The fourth-order valence-corrected chi connectivity index (χ4v) is 4.22. The van der Waals surface area contributed by atoms with Crippen LogP contribution in [0.15, 0.2) is 30.5 Å². The Morgan fingerprint density at radius 1 is 0.950 bits per heavy atom. The van der Waals surface area contributed by atoms with Gasteiger partial charge in [0.2, 0.25) is 23.6 Å². The zero-order valence-electron chi connectivity index (χ0n) is 22.9. The van der Waals surface area contributed by atoms with Crippen LogP contribution < -0.4 is 33.2 Å². The lowest BCUT2D eigenvalue weighted by atomic mass is 9.98. The molecule has 5 unspecified atom stereocenters. The van der Waals surface area contributed by atoms with E-state index < -0.39 is 60.2 Å². The number of carbonyl (C=O) groups is 5. The topological polar surface area (TPSA) is 236 Å². The summed E-state index contributed by atoms with van der Waals surface area (Å²) in [6.45, 7) is 3.99. The normalized spacial score (nSPS) is 14.9. The molecule has 1 aromatic carbocycles. The van der Waals surface area contributed by atoms with Crippen molar-refractivity contribution in [3.63, 3.8) is 0 Å². The lowest BCUT2D eigenvalue weighted by molar-refractivity contribution is -0.142. The number of rotatable bonds is 17. The summed E-state index contributed by atoms with van der Waals surface area (Å²) in [5, 5.41) is 18.2. The molecule has 0 saturated heterocycles. The van der Waals surface area contributed by atoms with Crippen molar-refractivity contribution in [2.24, 2.45) is 23.1 Å². The molecule has 0 spiro atoms. The number of fused-ring (bicyclic) bond motifs is 1. The third-order valence-electron chi connectivity index (χ3n) is 6.89. The van der Waals surface area contributed by atoms with Gasteiger partial charge in [0.1, 0.15) is 18.1 Å². The molecule has 13 nitrogen and oxygen atoms in total. The van der Waals surface area contributed by atoms with E-state index in [9.17, 15) is 29.1 Å². The Kier molecular flexibility index (Phi) is 12.6. The maximum Gasteiger partial charge on any atom is 0.326 e. The van der Waals surface area contributed by atoms with Gasteiger partial charge in [0.25, 0.3) is 0 Å². The molecule has 1 aromatic heterocycles. The first-order valence-corrected chi connectivity index (χ1v) is 13.4. The van der Waals surface area contributed by atoms with Crippen molar-refractivity contribution < 1.29 is 29.1 Å². The number of H-pyrrole nitrogens is 1. The molecule has 4 amide bonds. The lowest BCUT2D eigenvalue weighted by Gasteiger charge is -2.25. The molecule has 40 heavy (non-hydrogen) atoms. The van der Waals surface area contributed by atoms with E-state index in [0.29, 0.717) is 31.4 Å². The van der Waals surface area contributed by atoms with E-state index in [1.54, 1.807) is 13.1 Å². The van der Waals surface area contributed by atoms with Crippen LogP contribution in [0, 0.1) is 5.92 Å². The van der Waals surface area contributed by atoms with Crippen molar-refractivity contribution in [1.29, 1.82) is 0 Å². The van der Waals surface area contributed by atoms with E-state index in [1.807, 2.05) is 31.2 Å². The molecule has 1 heterocycles. The smallest absolute Gasteiger partial charge is 0.326 e. The molecule has 11 N–H and O–H groups in total. The summed E-state index contributed by atoms with van der Waals surface area (Å²) in [5.74, 6) is -4.45. The number of para-hydroxylation sites is 1.